The van der Waals surface area contributed by atoms with Crippen molar-refractivity contribution in [1.29, 1.82) is 0 Å². The molecule has 1 aromatic rings. The van der Waals surface area contributed by atoms with Crippen LogP contribution in [-0.4, -0.2) is 20.3 Å². The third-order valence-corrected chi connectivity index (χ3v) is 7.52. The molecule has 0 radical (unpaired) electrons. The summed E-state index contributed by atoms with van der Waals surface area (Å²) in [5.41, 5.74) is 0.195. The molecule has 0 unspecified atom stereocenters. The Morgan fingerprint density at radius 2 is 2.18 bits per heavy atom. The highest BCUT2D eigenvalue weighted by molar-refractivity contribution is 9.10. The van der Waals surface area contributed by atoms with Gasteiger partial charge in [-0.05, 0) is 52.1 Å². The number of hydrogen-bond acceptors (Lipinski definition) is 3. The molecule has 0 aromatic carbocycles. The number of hydrogen-bond donors (Lipinski definition) is 1. The van der Waals surface area contributed by atoms with Gasteiger partial charge in [-0.25, -0.2) is 13.1 Å². The second-order valence-electron chi connectivity index (χ2n) is 4.32. The van der Waals surface area contributed by atoms with Crippen molar-refractivity contribution >= 4 is 53.2 Å². The molecule has 1 fully saturated rings. The fourth-order valence-electron chi connectivity index (χ4n) is 1.68. The van der Waals surface area contributed by atoms with E-state index < -0.39 is 10.0 Å². The van der Waals surface area contributed by atoms with Gasteiger partial charge in [0, 0.05) is 16.3 Å². The number of halogens is 2. The van der Waals surface area contributed by atoms with Crippen molar-refractivity contribution in [1.82, 2.24) is 4.72 Å². The predicted octanol–water partition coefficient (Wildman–Crippen LogP) is 3.35. The normalized spacial score (nSPS) is 18.2. The summed E-state index contributed by atoms with van der Waals surface area (Å²) in [7, 11) is -3.35. The van der Waals surface area contributed by atoms with Crippen molar-refractivity contribution < 1.29 is 8.42 Å². The van der Waals surface area contributed by atoms with Crippen LogP contribution in [0.25, 0.3) is 0 Å². The molecule has 0 bridgehead atoms. The second-order valence-corrected chi connectivity index (χ2v) is 8.85. The van der Waals surface area contributed by atoms with E-state index in [1.54, 1.807) is 11.4 Å². The first-order valence-electron chi connectivity index (χ1n) is 5.28. The summed E-state index contributed by atoms with van der Waals surface area (Å²) in [5.74, 6) is 0. The zero-order valence-corrected chi connectivity index (χ0v) is 13.9. The average molecular weight is 403 g/mol. The lowest BCUT2D eigenvalue weighted by molar-refractivity contribution is 0.480. The van der Waals surface area contributed by atoms with E-state index in [1.165, 1.54) is 11.3 Å². The van der Waals surface area contributed by atoms with Gasteiger partial charge < -0.3 is 0 Å². The molecule has 0 atom stereocenters. The van der Waals surface area contributed by atoms with E-state index >= 15 is 0 Å². The molecule has 3 nitrogen and oxygen atoms in total. The summed E-state index contributed by atoms with van der Waals surface area (Å²) in [4.78, 5) is 0. The van der Waals surface area contributed by atoms with E-state index in [9.17, 15) is 8.42 Å². The molecule has 2 rings (SSSR count). The minimum atomic E-state index is -3.35. The molecule has 1 aromatic heterocycles. The largest absolute Gasteiger partial charge is 0.251 e. The maximum absolute atomic E-state index is 12.1. The van der Waals surface area contributed by atoms with Crippen molar-refractivity contribution in [2.45, 2.75) is 23.5 Å². The second kappa shape index (κ2) is 5.28. The van der Waals surface area contributed by atoms with Crippen LogP contribution < -0.4 is 4.72 Å². The molecule has 0 amide bonds. The van der Waals surface area contributed by atoms with Crippen LogP contribution >= 0.6 is 43.2 Å². The van der Waals surface area contributed by atoms with Crippen molar-refractivity contribution in [2.75, 3.05) is 11.9 Å². The number of alkyl halides is 1. The number of thiophene rings is 1. The molecule has 1 N–H and O–H groups in total. The summed E-state index contributed by atoms with van der Waals surface area (Å²) in [6.07, 6.45) is 3.26. The van der Waals surface area contributed by atoms with Crippen molar-refractivity contribution in [2.24, 2.45) is 5.41 Å². The highest BCUT2D eigenvalue weighted by atomic mass is 79.9. The fraction of sp³-hybridized carbons (Fsp3) is 0.600. The van der Waals surface area contributed by atoms with Crippen LogP contribution in [0, 0.1) is 5.41 Å². The van der Waals surface area contributed by atoms with Crippen LogP contribution in [0.1, 0.15) is 19.3 Å². The maximum Gasteiger partial charge on any atom is 0.251 e. The molecule has 1 aliphatic carbocycles. The lowest BCUT2D eigenvalue weighted by Gasteiger charge is -2.14. The Bertz CT molecular complexity index is 494. The molecule has 0 saturated heterocycles. The van der Waals surface area contributed by atoms with Gasteiger partial charge in [0.05, 0.1) is 0 Å². The molecular weight excluding hydrogens is 390 g/mol. The highest BCUT2D eigenvalue weighted by Gasteiger charge is 2.42. The van der Waals surface area contributed by atoms with E-state index in [0.717, 1.165) is 24.6 Å². The summed E-state index contributed by atoms with van der Waals surface area (Å²) in [6, 6.07) is 1.75. The lowest BCUT2D eigenvalue weighted by Crippen LogP contribution is -2.30. The van der Waals surface area contributed by atoms with E-state index in [-0.39, 0.29) is 5.41 Å². The number of sulfonamides is 1. The van der Waals surface area contributed by atoms with Gasteiger partial charge in [-0.3, -0.25) is 0 Å². The van der Waals surface area contributed by atoms with Gasteiger partial charge in [0.2, 0.25) is 0 Å². The topological polar surface area (TPSA) is 46.2 Å². The zero-order valence-electron chi connectivity index (χ0n) is 9.08. The van der Waals surface area contributed by atoms with E-state index in [2.05, 4.69) is 36.6 Å². The third kappa shape index (κ3) is 3.32. The molecule has 0 aliphatic heterocycles. The lowest BCUT2D eigenvalue weighted by atomic mass is 10.1. The first-order chi connectivity index (χ1) is 7.99. The highest BCUT2D eigenvalue weighted by Crippen LogP contribution is 2.48. The van der Waals surface area contributed by atoms with Crippen molar-refractivity contribution in [3.05, 3.63) is 15.9 Å². The summed E-state index contributed by atoms with van der Waals surface area (Å²) in [6.45, 7) is 0.547. The van der Waals surface area contributed by atoms with Crippen LogP contribution in [0.2, 0.25) is 0 Å². The van der Waals surface area contributed by atoms with Gasteiger partial charge in [-0.15, -0.1) is 11.3 Å². The molecule has 0 spiro atoms. The summed E-state index contributed by atoms with van der Waals surface area (Å²) >= 11 is 7.90. The van der Waals surface area contributed by atoms with Crippen LogP contribution in [0.3, 0.4) is 0 Å². The number of rotatable bonds is 6. The SMILES string of the molecule is O=S(=O)(NCC1(CCBr)CC1)c1sccc1Br. The van der Waals surface area contributed by atoms with Gasteiger partial charge in [-0.1, -0.05) is 15.9 Å². The Balaban J connectivity index is 2.02. The predicted molar refractivity (Wildman–Crippen MR) is 77.3 cm³/mol. The zero-order chi connectivity index (χ0) is 12.5. The van der Waals surface area contributed by atoms with Crippen molar-refractivity contribution in [3.63, 3.8) is 0 Å². The van der Waals surface area contributed by atoms with E-state index in [4.69, 9.17) is 0 Å². The Morgan fingerprint density at radius 3 is 2.65 bits per heavy atom. The minimum Gasteiger partial charge on any atom is -0.210 e. The van der Waals surface area contributed by atoms with Crippen LogP contribution in [0.5, 0.6) is 0 Å². The molecule has 1 heterocycles. The van der Waals surface area contributed by atoms with Gasteiger partial charge in [0.1, 0.15) is 4.21 Å². The first kappa shape index (κ1) is 14.0. The first-order valence-corrected chi connectivity index (χ1v) is 9.55. The Labute approximate surface area is 122 Å². The third-order valence-electron chi connectivity index (χ3n) is 3.05. The molecule has 1 saturated carbocycles. The molecule has 17 heavy (non-hydrogen) atoms. The smallest absolute Gasteiger partial charge is 0.210 e. The Morgan fingerprint density at radius 1 is 1.47 bits per heavy atom. The Kier molecular flexibility index (Phi) is 4.35. The standard InChI is InChI=1S/C10H13Br2NO2S2/c11-5-4-10(2-3-10)7-13-17(14,15)9-8(12)1-6-16-9/h1,6,13H,2-5,7H2. The Hall–Kier alpha value is 0.570. The average Bonchev–Trinajstić information content (AvgIpc) is 2.89. The van der Waals surface area contributed by atoms with Crippen LogP contribution in [0.4, 0.5) is 0 Å². The summed E-state index contributed by atoms with van der Waals surface area (Å²) < 4.78 is 27.8. The summed E-state index contributed by atoms with van der Waals surface area (Å²) in [5, 5.41) is 2.70. The minimum absolute atomic E-state index is 0.195. The fourth-order valence-corrected chi connectivity index (χ4v) is 6.06. The molecule has 1 aliphatic rings. The maximum atomic E-state index is 12.1. The van der Waals surface area contributed by atoms with Crippen molar-refractivity contribution in [3.8, 4) is 0 Å². The van der Waals surface area contributed by atoms with E-state index in [0.29, 0.717) is 15.2 Å². The molecule has 7 heteroatoms. The van der Waals surface area contributed by atoms with Crippen LogP contribution in [-0.2, 0) is 10.0 Å². The van der Waals surface area contributed by atoms with Crippen LogP contribution in [0.15, 0.2) is 20.1 Å². The molecule has 96 valence electrons. The monoisotopic (exact) mass is 401 g/mol. The van der Waals surface area contributed by atoms with Gasteiger partial charge in [0.15, 0.2) is 0 Å². The van der Waals surface area contributed by atoms with Gasteiger partial charge >= 0.3 is 0 Å². The van der Waals surface area contributed by atoms with E-state index in [1.807, 2.05) is 0 Å². The van der Waals surface area contributed by atoms with Gasteiger partial charge in [-0.2, -0.15) is 0 Å². The number of nitrogens with one attached hydrogen (secondary N) is 1. The van der Waals surface area contributed by atoms with Gasteiger partial charge in [0.25, 0.3) is 10.0 Å². The molecular formula is C10H13Br2NO2S2. The quantitative estimate of drug-likeness (QED) is 0.741.